The van der Waals surface area contributed by atoms with Gasteiger partial charge >= 0.3 is 5.97 Å². The summed E-state index contributed by atoms with van der Waals surface area (Å²) in [5.74, 6) is -0.719. The molecule has 1 heterocycles. The number of carboxylic acids is 1. The smallest absolute Gasteiger partial charge is 0.313 e. The van der Waals surface area contributed by atoms with Gasteiger partial charge in [-0.15, -0.1) is 0 Å². The summed E-state index contributed by atoms with van der Waals surface area (Å²) in [7, 11) is 8.88. The van der Waals surface area contributed by atoms with E-state index in [1.807, 2.05) is 0 Å². The highest BCUT2D eigenvalue weighted by molar-refractivity contribution is 6.01. The van der Waals surface area contributed by atoms with Crippen LogP contribution in [0, 0.1) is 0 Å². The summed E-state index contributed by atoms with van der Waals surface area (Å²) in [6.07, 6.45) is 0. The van der Waals surface area contributed by atoms with E-state index in [2.05, 4.69) is 0 Å². The van der Waals surface area contributed by atoms with E-state index < -0.39 is 17.9 Å². The lowest BCUT2D eigenvalue weighted by molar-refractivity contribution is -0.140. The molecule has 0 bridgehead atoms. The fraction of sp³-hybridized carbons (Fsp3) is 0.364. The average Bonchev–Trinajstić information content (AvgIpc) is 2.78. The summed E-state index contributed by atoms with van der Waals surface area (Å²) in [6, 6.07) is 5.52. The molecule has 0 unspecified atom stereocenters. The molecule has 2 atom stereocenters. The number of amides is 1. The van der Waals surface area contributed by atoms with Crippen molar-refractivity contribution >= 4 is 11.9 Å². The van der Waals surface area contributed by atoms with Crippen molar-refractivity contribution in [2.45, 2.75) is 12.0 Å². The van der Waals surface area contributed by atoms with E-state index in [-0.39, 0.29) is 11.5 Å². The number of methoxy groups -OCH3 is 5. The van der Waals surface area contributed by atoms with Crippen LogP contribution in [0.1, 0.15) is 33.4 Å². The molecule has 1 amide bonds. The second-order valence-corrected chi connectivity index (χ2v) is 6.93. The van der Waals surface area contributed by atoms with Gasteiger partial charge in [0.05, 0.1) is 41.6 Å². The molecule has 0 fully saturated rings. The maximum absolute atomic E-state index is 13.2. The summed E-state index contributed by atoms with van der Waals surface area (Å²) in [5, 5.41) is 10.2. The molecule has 9 nitrogen and oxygen atoms in total. The van der Waals surface area contributed by atoms with Crippen molar-refractivity contribution in [3.05, 3.63) is 41.0 Å². The zero-order valence-corrected chi connectivity index (χ0v) is 18.2. The molecule has 3 rings (SSSR count). The second kappa shape index (κ2) is 8.63. The Hall–Kier alpha value is -3.62. The number of benzene rings is 2. The number of carbonyl (C=O) groups excluding carboxylic acids is 1. The van der Waals surface area contributed by atoms with Gasteiger partial charge < -0.3 is 33.7 Å². The van der Waals surface area contributed by atoms with Crippen LogP contribution in [0.15, 0.2) is 24.3 Å². The van der Waals surface area contributed by atoms with Gasteiger partial charge in [-0.25, -0.2) is 0 Å². The number of hydrogen-bond donors (Lipinski definition) is 1. The van der Waals surface area contributed by atoms with Gasteiger partial charge in [0.15, 0.2) is 23.0 Å². The lowest BCUT2D eigenvalue weighted by atomic mass is 9.79. The van der Waals surface area contributed by atoms with Crippen LogP contribution in [0.4, 0.5) is 0 Å². The van der Waals surface area contributed by atoms with Crippen LogP contribution >= 0.6 is 0 Å². The summed E-state index contributed by atoms with van der Waals surface area (Å²) in [5.41, 5.74) is 1.11. The molecule has 0 aromatic heterocycles. The third kappa shape index (κ3) is 3.56. The molecule has 0 spiro atoms. The molecule has 0 radical (unpaired) electrons. The molecule has 1 N–H and O–H groups in total. The van der Waals surface area contributed by atoms with Gasteiger partial charge in [0.1, 0.15) is 5.92 Å². The monoisotopic (exact) mass is 431 g/mol. The Morgan fingerprint density at radius 2 is 1.35 bits per heavy atom. The van der Waals surface area contributed by atoms with E-state index >= 15 is 0 Å². The molecule has 31 heavy (non-hydrogen) atoms. The summed E-state index contributed by atoms with van der Waals surface area (Å²) < 4.78 is 26.8. The van der Waals surface area contributed by atoms with Gasteiger partial charge in [-0.05, 0) is 35.4 Å². The number of carbonyl (C=O) groups is 2. The van der Waals surface area contributed by atoms with Crippen molar-refractivity contribution in [1.82, 2.24) is 4.90 Å². The number of aliphatic carboxylic acids is 1. The predicted molar refractivity (Wildman–Crippen MR) is 111 cm³/mol. The molecule has 0 saturated heterocycles. The molecule has 0 aliphatic carbocycles. The number of fused-ring (bicyclic) bond motifs is 1. The molecule has 9 heteroatoms. The van der Waals surface area contributed by atoms with Crippen LogP contribution in [0.5, 0.6) is 28.7 Å². The second-order valence-electron chi connectivity index (χ2n) is 6.93. The lowest BCUT2D eigenvalue weighted by Gasteiger charge is -2.39. The highest BCUT2D eigenvalue weighted by Gasteiger charge is 2.44. The number of ether oxygens (including phenoxy) is 5. The highest BCUT2D eigenvalue weighted by atomic mass is 16.5. The third-order valence-electron chi connectivity index (χ3n) is 5.47. The van der Waals surface area contributed by atoms with Crippen molar-refractivity contribution in [3.63, 3.8) is 0 Å². The van der Waals surface area contributed by atoms with E-state index in [1.165, 1.54) is 46.5 Å². The van der Waals surface area contributed by atoms with Crippen LogP contribution in [0.2, 0.25) is 0 Å². The molecule has 2 aromatic carbocycles. The molecule has 2 aromatic rings. The SMILES string of the molecule is COc1cc2c(cc1OC)[C@@H](C(=O)O)[C@H](c1cc(OC)c(OC)c(OC)c1)N(C)C2=O. The number of carboxylic acid groups (broad SMARTS) is 1. The normalized spacial score (nSPS) is 17.6. The van der Waals surface area contributed by atoms with Crippen molar-refractivity contribution in [2.24, 2.45) is 0 Å². The van der Waals surface area contributed by atoms with Gasteiger partial charge in [0, 0.05) is 12.6 Å². The topological polar surface area (TPSA) is 104 Å². The van der Waals surface area contributed by atoms with Crippen molar-refractivity contribution in [3.8, 4) is 28.7 Å². The quantitative estimate of drug-likeness (QED) is 0.714. The molecular weight excluding hydrogens is 406 g/mol. The van der Waals surface area contributed by atoms with E-state index in [0.29, 0.717) is 39.9 Å². The van der Waals surface area contributed by atoms with Crippen LogP contribution in [-0.2, 0) is 4.79 Å². The van der Waals surface area contributed by atoms with E-state index in [0.717, 1.165) is 0 Å². The fourth-order valence-corrected chi connectivity index (χ4v) is 4.00. The average molecular weight is 431 g/mol. The minimum absolute atomic E-state index is 0.247. The maximum atomic E-state index is 13.2. The first-order valence-corrected chi connectivity index (χ1v) is 9.38. The molecular formula is C22H25NO8. The van der Waals surface area contributed by atoms with E-state index in [4.69, 9.17) is 23.7 Å². The first-order chi connectivity index (χ1) is 14.8. The summed E-state index contributed by atoms with van der Waals surface area (Å²) in [6.45, 7) is 0. The largest absolute Gasteiger partial charge is 0.493 e. The minimum atomic E-state index is -1.09. The van der Waals surface area contributed by atoms with Crippen LogP contribution in [0.25, 0.3) is 0 Å². The Labute approximate surface area is 180 Å². The Morgan fingerprint density at radius 1 is 0.839 bits per heavy atom. The third-order valence-corrected chi connectivity index (χ3v) is 5.47. The van der Waals surface area contributed by atoms with Crippen LogP contribution < -0.4 is 23.7 Å². The van der Waals surface area contributed by atoms with E-state index in [1.54, 1.807) is 25.2 Å². The number of hydrogen-bond acceptors (Lipinski definition) is 7. The van der Waals surface area contributed by atoms with Crippen molar-refractivity contribution in [2.75, 3.05) is 42.6 Å². The highest BCUT2D eigenvalue weighted by Crippen LogP contribution is 2.48. The predicted octanol–water partition coefficient (Wildman–Crippen LogP) is 2.72. The Balaban J connectivity index is 2.27. The number of likely N-dealkylation sites (N-methyl/N-ethyl adjacent to an activating group) is 1. The number of rotatable bonds is 7. The van der Waals surface area contributed by atoms with Gasteiger partial charge in [-0.2, -0.15) is 0 Å². The Kier molecular flexibility index (Phi) is 6.14. The zero-order valence-electron chi connectivity index (χ0n) is 18.2. The van der Waals surface area contributed by atoms with E-state index in [9.17, 15) is 14.7 Å². The first kappa shape index (κ1) is 22.1. The van der Waals surface area contributed by atoms with Gasteiger partial charge in [0.2, 0.25) is 5.75 Å². The van der Waals surface area contributed by atoms with Crippen LogP contribution in [0.3, 0.4) is 0 Å². The van der Waals surface area contributed by atoms with Gasteiger partial charge in [0.25, 0.3) is 5.91 Å². The lowest BCUT2D eigenvalue weighted by Crippen LogP contribution is -2.42. The molecule has 1 aliphatic rings. The zero-order chi connectivity index (χ0) is 22.9. The fourth-order valence-electron chi connectivity index (χ4n) is 4.00. The first-order valence-electron chi connectivity index (χ1n) is 9.38. The summed E-state index contributed by atoms with van der Waals surface area (Å²) in [4.78, 5) is 27.1. The van der Waals surface area contributed by atoms with Crippen LogP contribution in [-0.4, -0.2) is 64.5 Å². The van der Waals surface area contributed by atoms with Crippen molar-refractivity contribution in [1.29, 1.82) is 0 Å². The summed E-state index contributed by atoms with van der Waals surface area (Å²) >= 11 is 0. The van der Waals surface area contributed by atoms with Gasteiger partial charge in [-0.3, -0.25) is 9.59 Å². The standard InChI is InChI=1S/C22H25NO8/c1-23-19(11-7-16(29-4)20(31-6)17(8-11)30-5)18(22(25)26)12-9-14(27-2)15(28-3)10-13(12)21(23)24/h7-10,18-19H,1-6H3,(H,25,26)/t18-,19+/m1/s1. The number of nitrogens with zero attached hydrogens (tertiary/aromatic N) is 1. The van der Waals surface area contributed by atoms with Gasteiger partial charge in [-0.1, -0.05) is 0 Å². The Morgan fingerprint density at radius 3 is 1.81 bits per heavy atom. The van der Waals surface area contributed by atoms with Crippen molar-refractivity contribution < 1.29 is 38.4 Å². The maximum Gasteiger partial charge on any atom is 0.313 e. The molecule has 1 aliphatic heterocycles. The molecule has 0 saturated carbocycles. The Bertz CT molecular complexity index is 994. The minimum Gasteiger partial charge on any atom is -0.493 e. The molecule has 166 valence electrons.